The molecule has 1 aliphatic rings. The van der Waals surface area contributed by atoms with Gasteiger partial charge in [-0.25, -0.2) is 0 Å². The molecule has 1 heterocycles. The van der Waals surface area contributed by atoms with Crippen LogP contribution in [-0.4, -0.2) is 25.7 Å². The van der Waals surface area contributed by atoms with Gasteiger partial charge in [-0.05, 0) is 36.6 Å². The highest BCUT2D eigenvalue weighted by Gasteiger charge is 2.37. The second kappa shape index (κ2) is 3.92. The number of nitrogens with zero attached hydrogens (tertiary/aromatic N) is 4. The molecule has 2 aromatic rings. The SMILES string of the molecule is NC1(CCc2nnn(-c3ccccc3)n2)CC1. The average molecular weight is 229 g/mol. The van der Waals surface area contributed by atoms with Crippen molar-refractivity contribution in [3.8, 4) is 5.69 Å². The molecule has 1 aromatic heterocycles. The minimum atomic E-state index is 0.0538. The lowest BCUT2D eigenvalue weighted by Crippen LogP contribution is -2.22. The standard InChI is InChI=1S/C12H15N5/c13-12(8-9-12)7-6-11-14-16-17(15-11)10-4-2-1-3-5-10/h1-5H,6-9,13H2. The number of rotatable bonds is 4. The molecule has 5 nitrogen and oxygen atoms in total. The van der Waals surface area contributed by atoms with Gasteiger partial charge in [0.2, 0.25) is 0 Å². The topological polar surface area (TPSA) is 69.6 Å². The monoisotopic (exact) mass is 229 g/mol. The van der Waals surface area contributed by atoms with E-state index < -0.39 is 0 Å². The minimum Gasteiger partial charge on any atom is -0.325 e. The average Bonchev–Trinajstić information content (AvgIpc) is 2.93. The fourth-order valence-corrected chi connectivity index (χ4v) is 1.79. The second-order valence-corrected chi connectivity index (χ2v) is 4.69. The third-order valence-corrected chi connectivity index (χ3v) is 3.18. The Morgan fingerprint density at radius 1 is 1.24 bits per heavy atom. The molecule has 0 radical (unpaired) electrons. The molecule has 0 amide bonds. The van der Waals surface area contributed by atoms with Crippen LogP contribution in [0.25, 0.3) is 5.69 Å². The highest BCUT2D eigenvalue weighted by Crippen LogP contribution is 2.36. The Balaban J connectivity index is 1.70. The van der Waals surface area contributed by atoms with Crippen LogP contribution >= 0.6 is 0 Å². The molecule has 88 valence electrons. The van der Waals surface area contributed by atoms with Crippen molar-refractivity contribution in [3.63, 3.8) is 0 Å². The van der Waals surface area contributed by atoms with Gasteiger partial charge >= 0.3 is 0 Å². The largest absolute Gasteiger partial charge is 0.325 e. The van der Waals surface area contributed by atoms with Crippen LogP contribution in [-0.2, 0) is 6.42 Å². The van der Waals surface area contributed by atoms with Crippen LogP contribution in [0.1, 0.15) is 25.1 Å². The maximum atomic E-state index is 6.03. The number of hydrogen-bond donors (Lipinski definition) is 1. The molecule has 0 unspecified atom stereocenters. The van der Waals surface area contributed by atoms with Crippen LogP contribution in [0.15, 0.2) is 30.3 Å². The molecular formula is C12H15N5. The van der Waals surface area contributed by atoms with Gasteiger partial charge in [0.05, 0.1) is 5.69 Å². The number of para-hydroxylation sites is 1. The molecule has 1 aliphatic carbocycles. The fourth-order valence-electron chi connectivity index (χ4n) is 1.79. The maximum absolute atomic E-state index is 6.03. The zero-order chi connectivity index (χ0) is 11.7. The van der Waals surface area contributed by atoms with E-state index in [0.29, 0.717) is 0 Å². The molecule has 0 aliphatic heterocycles. The summed E-state index contributed by atoms with van der Waals surface area (Å²) in [6.45, 7) is 0. The summed E-state index contributed by atoms with van der Waals surface area (Å²) < 4.78 is 0. The predicted molar refractivity (Wildman–Crippen MR) is 63.6 cm³/mol. The normalized spacial score (nSPS) is 17.0. The Morgan fingerprint density at radius 3 is 2.71 bits per heavy atom. The molecule has 0 saturated heterocycles. The van der Waals surface area contributed by atoms with Gasteiger partial charge in [-0.3, -0.25) is 0 Å². The van der Waals surface area contributed by atoms with Crippen LogP contribution in [0.3, 0.4) is 0 Å². The maximum Gasteiger partial charge on any atom is 0.175 e. The molecule has 0 atom stereocenters. The van der Waals surface area contributed by atoms with Crippen molar-refractivity contribution in [1.29, 1.82) is 0 Å². The zero-order valence-corrected chi connectivity index (χ0v) is 9.58. The Morgan fingerprint density at radius 2 is 2.00 bits per heavy atom. The fraction of sp³-hybridized carbons (Fsp3) is 0.417. The van der Waals surface area contributed by atoms with Crippen molar-refractivity contribution in [2.24, 2.45) is 5.73 Å². The van der Waals surface area contributed by atoms with Crippen LogP contribution < -0.4 is 5.73 Å². The lowest BCUT2D eigenvalue weighted by Gasteiger charge is -2.04. The quantitative estimate of drug-likeness (QED) is 0.852. The van der Waals surface area contributed by atoms with E-state index in [0.717, 1.165) is 37.2 Å². The van der Waals surface area contributed by atoms with E-state index >= 15 is 0 Å². The van der Waals surface area contributed by atoms with Crippen molar-refractivity contribution in [3.05, 3.63) is 36.2 Å². The Hall–Kier alpha value is -1.75. The van der Waals surface area contributed by atoms with Gasteiger partial charge in [-0.15, -0.1) is 15.0 Å². The number of nitrogens with two attached hydrogens (primary N) is 1. The Kier molecular flexibility index (Phi) is 2.40. The second-order valence-electron chi connectivity index (χ2n) is 4.69. The van der Waals surface area contributed by atoms with E-state index in [1.54, 1.807) is 4.80 Å². The van der Waals surface area contributed by atoms with Crippen LogP contribution in [0.2, 0.25) is 0 Å². The van der Waals surface area contributed by atoms with Crippen molar-refractivity contribution in [2.75, 3.05) is 0 Å². The molecule has 17 heavy (non-hydrogen) atoms. The van der Waals surface area contributed by atoms with E-state index in [2.05, 4.69) is 15.4 Å². The number of tetrazole rings is 1. The first-order chi connectivity index (χ1) is 8.25. The lowest BCUT2D eigenvalue weighted by atomic mass is 10.1. The van der Waals surface area contributed by atoms with Gasteiger partial charge < -0.3 is 5.73 Å². The van der Waals surface area contributed by atoms with Gasteiger partial charge in [0.15, 0.2) is 5.82 Å². The number of hydrogen-bond acceptors (Lipinski definition) is 4. The van der Waals surface area contributed by atoms with E-state index in [1.807, 2.05) is 30.3 Å². The summed E-state index contributed by atoms with van der Waals surface area (Å²) in [5, 5.41) is 12.4. The molecule has 1 fully saturated rings. The van der Waals surface area contributed by atoms with Crippen LogP contribution in [0, 0.1) is 0 Å². The Bertz CT molecular complexity index is 501. The lowest BCUT2D eigenvalue weighted by molar-refractivity contribution is 0.595. The van der Waals surface area contributed by atoms with Crippen molar-refractivity contribution < 1.29 is 0 Å². The third kappa shape index (κ3) is 2.34. The smallest absolute Gasteiger partial charge is 0.175 e. The summed E-state index contributed by atoms with van der Waals surface area (Å²) >= 11 is 0. The number of aryl methyl sites for hydroxylation is 1. The van der Waals surface area contributed by atoms with E-state index in [-0.39, 0.29) is 5.54 Å². The molecule has 1 aromatic carbocycles. The first kappa shape index (κ1) is 10.4. The number of aromatic nitrogens is 4. The molecule has 1 saturated carbocycles. The Labute approximate surface area is 99.6 Å². The highest BCUT2D eigenvalue weighted by molar-refractivity contribution is 5.27. The zero-order valence-electron chi connectivity index (χ0n) is 9.58. The molecule has 2 N–H and O–H groups in total. The first-order valence-electron chi connectivity index (χ1n) is 5.88. The summed E-state index contributed by atoms with van der Waals surface area (Å²) in [7, 11) is 0. The van der Waals surface area contributed by atoms with Crippen molar-refractivity contribution in [1.82, 2.24) is 20.2 Å². The van der Waals surface area contributed by atoms with Gasteiger partial charge in [0.25, 0.3) is 0 Å². The number of benzene rings is 1. The first-order valence-corrected chi connectivity index (χ1v) is 5.88. The van der Waals surface area contributed by atoms with Gasteiger partial charge in [0.1, 0.15) is 0 Å². The van der Waals surface area contributed by atoms with Crippen molar-refractivity contribution >= 4 is 0 Å². The molecule has 0 spiro atoms. The van der Waals surface area contributed by atoms with Gasteiger partial charge in [-0.1, -0.05) is 18.2 Å². The molecule has 0 bridgehead atoms. The summed E-state index contributed by atoms with van der Waals surface area (Å²) in [5.74, 6) is 0.769. The van der Waals surface area contributed by atoms with Crippen LogP contribution in [0.4, 0.5) is 0 Å². The third-order valence-electron chi connectivity index (χ3n) is 3.18. The van der Waals surface area contributed by atoms with Gasteiger partial charge in [0, 0.05) is 12.0 Å². The van der Waals surface area contributed by atoms with Crippen LogP contribution in [0.5, 0.6) is 0 Å². The molecule has 5 heteroatoms. The molecular weight excluding hydrogens is 214 g/mol. The highest BCUT2D eigenvalue weighted by atomic mass is 15.6. The van der Waals surface area contributed by atoms with E-state index in [4.69, 9.17) is 5.73 Å². The summed E-state index contributed by atoms with van der Waals surface area (Å²) in [6.07, 6.45) is 4.01. The van der Waals surface area contributed by atoms with Crippen molar-refractivity contribution in [2.45, 2.75) is 31.2 Å². The molecule has 3 rings (SSSR count). The minimum absolute atomic E-state index is 0.0538. The summed E-state index contributed by atoms with van der Waals surface area (Å²) in [5.41, 5.74) is 7.01. The predicted octanol–water partition coefficient (Wildman–Crippen LogP) is 1.09. The summed E-state index contributed by atoms with van der Waals surface area (Å²) in [4.78, 5) is 1.56. The summed E-state index contributed by atoms with van der Waals surface area (Å²) in [6, 6.07) is 9.79. The van der Waals surface area contributed by atoms with E-state index in [1.165, 1.54) is 0 Å². The van der Waals surface area contributed by atoms with Gasteiger partial charge in [-0.2, -0.15) is 0 Å². The van der Waals surface area contributed by atoms with E-state index in [9.17, 15) is 0 Å².